The molecule has 150 valence electrons. The molecule has 6 nitrogen and oxygen atoms in total. The van der Waals surface area contributed by atoms with Gasteiger partial charge in [0.05, 0.1) is 17.2 Å². The third-order valence-corrected chi connectivity index (χ3v) is 5.23. The van der Waals surface area contributed by atoms with Gasteiger partial charge in [-0.25, -0.2) is 0 Å². The van der Waals surface area contributed by atoms with Gasteiger partial charge in [0.15, 0.2) is 0 Å². The Kier molecular flexibility index (Phi) is 5.39. The number of nitrogens with one attached hydrogen (secondary N) is 1. The second-order valence-corrected chi connectivity index (χ2v) is 7.24. The minimum atomic E-state index is -0.360. The van der Waals surface area contributed by atoms with Crippen LogP contribution in [0.5, 0.6) is 0 Å². The maximum Gasteiger partial charge on any atom is 0.261 e. The fourth-order valence-corrected chi connectivity index (χ4v) is 3.52. The summed E-state index contributed by atoms with van der Waals surface area (Å²) in [6.07, 6.45) is 3.95. The number of fused-ring (bicyclic) bond motifs is 1. The zero-order chi connectivity index (χ0) is 21.1. The molecule has 0 bridgehead atoms. The summed E-state index contributed by atoms with van der Waals surface area (Å²) in [5.74, 6) is -0.986. The number of imide groups is 1. The van der Waals surface area contributed by atoms with Crippen molar-refractivity contribution in [2.45, 2.75) is 19.4 Å². The second-order valence-electron chi connectivity index (χ2n) is 7.24. The zero-order valence-electron chi connectivity index (χ0n) is 16.5. The molecule has 30 heavy (non-hydrogen) atoms. The van der Waals surface area contributed by atoms with Crippen molar-refractivity contribution < 1.29 is 14.4 Å². The Morgan fingerprint density at radius 3 is 2.50 bits per heavy atom. The maximum atomic E-state index is 12.8. The van der Waals surface area contributed by atoms with Gasteiger partial charge in [-0.05, 0) is 48.7 Å². The van der Waals surface area contributed by atoms with Crippen molar-refractivity contribution >= 4 is 17.7 Å². The largest absolute Gasteiger partial charge is 0.345 e. The minimum absolute atomic E-state index is 0.237. The van der Waals surface area contributed by atoms with Crippen molar-refractivity contribution in [1.29, 1.82) is 0 Å². The molecule has 0 saturated heterocycles. The lowest BCUT2D eigenvalue weighted by Gasteiger charge is -2.14. The molecule has 1 unspecified atom stereocenters. The highest BCUT2D eigenvalue weighted by molar-refractivity contribution is 6.22. The third-order valence-electron chi connectivity index (χ3n) is 5.23. The monoisotopic (exact) mass is 399 g/mol. The van der Waals surface area contributed by atoms with Crippen LogP contribution in [0.3, 0.4) is 0 Å². The molecule has 2 heterocycles. The second kappa shape index (κ2) is 8.29. The summed E-state index contributed by atoms with van der Waals surface area (Å²) in [5, 5.41) is 2.90. The predicted octanol–water partition coefficient (Wildman–Crippen LogP) is 3.41. The van der Waals surface area contributed by atoms with Crippen LogP contribution < -0.4 is 5.32 Å². The molecular weight excluding hydrogens is 378 g/mol. The van der Waals surface area contributed by atoms with Gasteiger partial charge in [-0.1, -0.05) is 36.4 Å². The van der Waals surface area contributed by atoms with Crippen molar-refractivity contribution in [3.05, 3.63) is 101 Å². The summed E-state index contributed by atoms with van der Waals surface area (Å²) >= 11 is 0. The Morgan fingerprint density at radius 1 is 1.00 bits per heavy atom. The summed E-state index contributed by atoms with van der Waals surface area (Å²) in [6, 6.07) is 17.8. The van der Waals surface area contributed by atoms with Gasteiger partial charge in [0.2, 0.25) is 0 Å². The number of carbonyl (C=O) groups excluding carboxylic acids is 3. The number of hydrogen-bond donors (Lipinski definition) is 1. The number of amides is 3. The average molecular weight is 399 g/mol. The van der Waals surface area contributed by atoms with E-state index >= 15 is 0 Å². The Balaban J connectivity index is 1.48. The molecular formula is C24H21N3O3. The first kappa shape index (κ1) is 19.5. The van der Waals surface area contributed by atoms with Crippen LogP contribution in [0.4, 0.5) is 0 Å². The van der Waals surface area contributed by atoms with Crippen molar-refractivity contribution in [3.63, 3.8) is 0 Å². The first-order chi connectivity index (χ1) is 14.5. The average Bonchev–Trinajstić information content (AvgIpc) is 3.02. The molecule has 1 aliphatic heterocycles. The molecule has 3 amide bonds. The summed E-state index contributed by atoms with van der Waals surface area (Å²) < 4.78 is 0. The lowest BCUT2D eigenvalue weighted by atomic mass is 10.0. The molecule has 0 fully saturated rings. The molecule has 0 spiro atoms. The number of aromatic nitrogens is 1. The van der Waals surface area contributed by atoms with Crippen LogP contribution >= 0.6 is 0 Å². The van der Waals surface area contributed by atoms with Gasteiger partial charge in [0.1, 0.15) is 0 Å². The lowest BCUT2D eigenvalue weighted by Crippen LogP contribution is -2.31. The highest BCUT2D eigenvalue weighted by Gasteiger charge is 2.35. The highest BCUT2D eigenvalue weighted by atomic mass is 16.2. The van der Waals surface area contributed by atoms with Crippen LogP contribution in [0.15, 0.2) is 73.1 Å². The lowest BCUT2D eigenvalue weighted by molar-refractivity contribution is 0.0656. The fraction of sp³-hybridized carbons (Fsp3) is 0.167. The van der Waals surface area contributed by atoms with Gasteiger partial charge in [-0.15, -0.1) is 0 Å². The van der Waals surface area contributed by atoms with E-state index in [0.29, 0.717) is 24.1 Å². The van der Waals surface area contributed by atoms with Crippen molar-refractivity contribution in [2.75, 3.05) is 6.54 Å². The molecule has 2 aromatic carbocycles. The molecule has 1 aromatic heterocycles. The van der Waals surface area contributed by atoms with Crippen molar-refractivity contribution in [1.82, 2.24) is 15.2 Å². The summed E-state index contributed by atoms with van der Waals surface area (Å²) in [7, 11) is 0. The molecule has 4 rings (SSSR count). The van der Waals surface area contributed by atoms with Crippen LogP contribution in [-0.4, -0.2) is 34.2 Å². The van der Waals surface area contributed by atoms with Crippen LogP contribution in [0.2, 0.25) is 0 Å². The van der Waals surface area contributed by atoms with E-state index in [1.54, 1.807) is 24.5 Å². The van der Waals surface area contributed by atoms with E-state index in [9.17, 15) is 14.4 Å². The summed E-state index contributed by atoms with van der Waals surface area (Å²) in [6.45, 7) is 2.16. The predicted molar refractivity (Wildman–Crippen MR) is 112 cm³/mol. The molecule has 0 radical (unpaired) electrons. The number of nitrogens with zero attached hydrogens (tertiary/aromatic N) is 2. The van der Waals surface area contributed by atoms with Gasteiger partial charge in [-0.3, -0.25) is 24.3 Å². The van der Waals surface area contributed by atoms with Crippen LogP contribution in [-0.2, 0) is 6.42 Å². The number of pyridine rings is 1. The Bertz CT molecular complexity index is 1100. The molecule has 3 aromatic rings. The van der Waals surface area contributed by atoms with Crippen molar-refractivity contribution in [3.8, 4) is 0 Å². The Hall–Kier alpha value is -3.80. The quantitative estimate of drug-likeness (QED) is 0.644. The zero-order valence-corrected chi connectivity index (χ0v) is 16.5. The maximum absolute atomic E-state index is 12.8. The molecule has 1 atom stereocenters. The molecule has 0 saturated carbocycles. The van der Waals surface area contributed by atoms with Gasteiger partial charge < -0.3 is 5.32 Å². The Labute approximate surface area is 174 Å². The normalized spacial score (nSPS) is 13.8. The van der Waals surface area contributed by atoms with E-state index < -0.39 is 0 Å². The first-order valence-corrected chi connectivity index (χ1v) is 9.79. The Morgan fingerprint density at radius 2 is 1.77 bits per heavy atom. The standard InChI is InChI=1S/C24H21N3O3/c1-16(19-8-5-12-25-15-19)26-22(28)18-9-10-20-21(14-18)24(30)27(23(20)29)13-11-17-6-3-2-4-7-17/h2-10,12,14-16H,11,13H2,1H3,(H,26,28). The van der Waals surface area contributed by atoms with E-state index in [-0.39, 0.29) is 29.3 Å². The smallest absolute Gasteiger partial charge is 0.261 e. The fourth-order valence-electron chi connectivity index (χ4n) is 3.52. The molecule has 0 aliphatic carbocycles. The van der Waals surface area contributed by atoms with Gasteiger partial charge in [0.25, 0.3) is 17.7 Å². The minimum Gasteiger partial charge on any atom is -0.345 e. The van der Waals surface area contributed by atoms with E-state index in [0.717, 1.165) is 11.1 Å². The van der Waals surface area contributed by atoms with Crippen LogP contribution in [0, 0.1) is 0 Å². The van der Waals surface area contributed by atoms with Gasteiger partial charge in [-0.2, -0.15) is 0 Å². The van der Waals surface area contributed by atoms with Crippen molar-refractivity contribution in [2.24, 2.45) is 0 Å². The number of carbonyl (C=O) groups is 3. The van der Waals surface area contributed by atoms with Gasteiger partial charge in [0, 0.05) is 24.5 Å². The summed E-state index contributed by atoms with van der Waals surface area (Å²) in [4.78, 5) is 43.5. The van der Waals surface area contributed by atoms with Crippen LogP contribution in [0.25, 0.3) is 0 Å². The number of hydrogen-bond acceptors (Lipinski definition) is 4. The SMILES string of the molecule is CC(NC(=O)c1ccc2c(c1)C(=O)N(CCc1ccccc1)C2=O)c1cccnc1. The first-order valence-electron chi connectivity index (χ1n) is 9.79. The van der Waals surface area contributed by atoms with Crippen LogP contribution in [0.1, 0.15) is 55.2 Å². The molecule has 6 heteroatoms. The van der Waals surface area contributed by atoms with E-state index in [4.69, 9.17) is 0 Å². The van der Waals surface area contributed by atoms with Gasteiger partial charge >= 0.3 is 0 Å². The van der Waals surface area contributed by atoms with E-state index in [1.165, 1.54) is 11.0 Å². The highest BCUT2D eigenvalue weighted by Crippen LogP contribution is 2.25. The van der Waals surface area contributed by atoms with E-state index in [2.05, 4.69) is 10.3 Å². The number of benzene rings is 2. The topological polar surface area (TPSA) is 79.4 Å². The molecule has 1 aliphatic rings. The number of rotatable bonds is 6. The third kappa shape index (κ3) is 3.85. The molecule has 1 N–H and O–H groups in total. The van der Waals surface area contributed by atoms with E-state index in [1.807, 2.05) is 49.4 Å². The summed E-state index contributed by atoms with van der Waals surface area (Å²) in [5.41, 5.74) is 2.89.